The highest BCUT2D eigenvalue weighted by molar-refractivity contribution is 7.10. The zero-order valence-corrected chi connectivity index (χ0v) is 12.5. The third kappa shape index (κ3) is 3.01. The summed E-state index contributed by atoms with van der Waals surface area (Å²) >= 11 is 1.48. The fourth-order valence-electron chi connectivity index (χ4n) is 2.71. The third-order valence-electron chi connectivity index (χ3n) is 3.85. The van der Waals surface area contributed by atoms with Crippen molar-refractivity contribution in [2.24, 2.45) is 0 Å². The largest absolute Gasteiger partial charge is 0.374 e. The summed E-state index contributed by atoms with van der Waals surface area (Å²) in [6, 6.07) is 1.40. The van der Waals surface area contributed by atoms with Crippen molar-refractivity contribution in [2.45, 2.75) is 65.1 Å². The van der Waals surface area contributed by atoms with Crippen molar-refractivity contribution in [2.75, 3.05) is 11.9 Å². The predicted molar refractivity (Wildman–Crippen MR) is 77.0 cm³/mol. The van der Waals surface area contributed by atoms with Gasteiger partial charge < -0.3 is 5.32 Å². The molecule has 4 nitrogen and oxygen atoms in total. The van der Waals surface area contributed by atoms with E-state index >= 15 is 0 Å². The van der Waals surface area contributed by atoms with Gasteiger partial charge in [0.25, 0.3) is 0 Å². The van der Waals surface area contributed by atoms with Crippen LogP contribution in [0.25, 0.3) is 0 Å². The monoisotopic (exact) mass is 268 g/mol. The number of rotatable bonds is 6. The summed E-state index contributed by atoms with van der Waals surface area (Å²) in [6.45, 7) is 8.74. The van der Waals surface area contributed by atoms with Crippen molar-refractivity contribution in [3.8, 4) is 0 Å². The maximum Gasteiger partial charge on any atom is 0.134 e. The number of hydrogen-bond acceptors (Lipinski definition) is 5. The first-order chi connectivity index (χ1) is 8.76. The molecule has 0 saturated carbocycles. The van der Waals surface area contributed by atoms with Crippen molar-refractivity contribution in [3.63, 3.8) is 0 Å². The highest BCUT2D eigenvalue weighted by atomic mass is 32.1. The average Bonchev–Trinajstić information content (AvgIpc) is 2.96. The van der Waals surface area contributed by atoms with E-state index in [-0.39, 0.29) is 0 Å². The number of nitrogens with one attached hydrogen (secondary N) is 1. The second kappa shape index (κ2) is 6.48. The van der Waals surface area contributed by atoms with Gasteiger partial charge in [0.15, 0.2) is 0 Å². The molecular formula is C13H24N4S. The van der Waals surface area contributed by atoms with E-state index < -0.39 is 0 Å². The minimum Gasteiger partial charge on any atom is -0.374 e. The van der Waals surface area contributed by atoms with Gasteiger partial charge in [-0.05, 0) is 32.6 Å². The Morgan fingerprint density at radius 2 is 2.22 bits per heavy atom. The number of aromatic nitrogens is 2. The van der Waals surface area contributed by atoms with Crippen molar-refractivity contribution in [1.29, 1.82) is 0 Å². The lowest BCUT2D eigenvalue weighted by molar-refractivity contribution is 0.187. The Bertz CT molecular complexity index is 366. The van der Waals surface area contributed by atoms with E-state index in [4.69, 9.17) is 0 Å². The molecule has 2 heterocycles. The normalized spacial score (nSPS) is 24.6. The Balaban J connectivity index is 2.01. The molecule has 0 spiro atoms. The molecule has 2 rings (SSSR count). The summed E-state index contributed by atoms with van der Waals surface area (Å²) in [5.41, 5.74) is 1.13. The fraction of sp³-hybridized carbons (Fsp3) is 0.846. The van der Waals surface area contributed by atoms with Crippen LogP contribution in [0.3, 0.4) is 0 Å². The van der Waals surface area contributed by atoms with Crippen LogP contribution in [0.4, 0.5) is 5.00 Å². The van der Waals surface area contributed by atoms with Crippen LogP contribution in [0.2, 0.25) is 0 Å². The smallest absolute Gasteiger partial charge is 0.134 e. The molecule has 2 atom stereocenters. The fourth-order valence-corrected chi connectivity index (χ4v) is 3.30. The highest BCUT2D eigenvalue weighted by Gasteiger charge is 2.30. The van der Waals surface area contributed by atoms with Crippen LogP contribution >= 0.6 is 11.5 Å². The van der Waals surface area contributed by atoms with Gasteiger partial charge in [0, 0.05) is 36.7 Å². The van der Waals surface area contributed by atoms with Crippen LogP contribution in [0, 0.1) is 0 Å². The van der Waals surface area contributed by atoms with Gasteiger partial charge in [0.05, 0.1) is 0 Å². The Morgan fingerprint density at radius 1 is 1.39 bits per heavy atom. The molecule has 1 aromatic rings. The molecule has 5 heteroatoms. The van der Waals surface area contributed by atoms with Crippen molar-refractivity contribution < 1.29 is 0 Å². The lowest BCUT2D eigenvalue weighted by Gasteiger charge is -2.26. The maximum absolute atomic E-state index is 4.30. The van der Waals surface area contributed by atoms with Gasteiger partial charge in [0.1, 0.15) is 10.7 Å². The van der Waals surface area contributed by atoms with Crippen LogP contribution in [0.5, 0.6) is 0 Å². The summed E-state index contributed by atoms with van der Waals surface area (Å²) in [5, 5.41) is 8.89. The molecule has 0 aliphatic carbocycles. The maximum atomic E-state index is 4.30. The zero-order valence-electron chi connectivity index (χ0n) is 11.6. The molecule has 18 heavy (non-hydrogen) atoms. The minimum absolute atomic E-state index is 0.677. The molecule has 1 saturated heterocycles. The van der Waals surface area contributed by atoms with Crippen molar-refractivity contribution >= 4 is 16.5 Å². The van der Waals surface area contributed by atoms with Gasteiger partial charge in [-0.3, -0.25) is 4.90 Å². The minimum atomic E-state index is 0.677. The second-order valence-electron chi connectivity index (χ2n) is 5.14. The zero-order chi connectivity index (χ0) is 13.0. The second-order valence-corrected chi connectivity index (χ2v) is 5.89. The number of anilines is 1. The van der Waals surface area contributed by atoms with Gasteiger partial charge in [-0.2, -0.15) is 0 Å². The molecule has 0 bridgehead atoms. The summed E-state index contributed by atoms with van der Waals surface area (Å²) in [7, 11) is 0. The Kier molecular flexibility index (Phi) is 4.95. The Hall–Kier alpha value is -0.680. The molecule has 2 unspecified atom stereocenters. The van der Waals surface area contributed by atoms with Crippen molar-refractivity contribution in [3.05, 3.63) is 5.69 Å². The molecule has 1 N–H and O–H groups in total. The summed E-state index contributed by atoms with van der Waals surface area (Å²) in [4.78, 5) is 2.59. The van der Waals surface area contributed by atoms with Crippen LogP contribution in [0.1, 0.15) is 52.1 Å². The van der Waals surface area contributed by atoms with Crippen molar-refractivity contribution in [1.82, 2.24) is 14.5 Å². The number of nitrogens with zero attached hydrogens (tertiary/aromatic N) is 3. The molecular weight excluding hydrogens is 244 g/mol. The van der Waals surface area contributed by atoms with Gasteiger partial charge >= 0.3 is 0 Å². The summed E-state index contributed by atoms with van der Waals surface area (Å²) in [5.74, 6) is 0. The summed E-state index contributed by atoms with van der Waals surface area (Å²) in [6.07, 6.45) is 5.01. The van der Waals surface area contributed by atoms with Gasteiger partial charge in [-0.1, -0.05) is 18.3 Å². The lowest BCUT2D eigenvalue weighted by Crippen LogP contribution is -2.33. The van der Waals surface area contributed by atoms with E-state index in [1.54, 1.807) is 0 Å². The van der Waals surface area contributed by atoms with E-state index in [1.165, 1.54) is 30.8 Å². The highest BCUT2D eigenvalue weighted by Crippen LogP contribution is 2.29. The molecule has 1 aliphatic heterocycles. The standard InChI is InChI=1S/C13H24N4S/c1-4-8-14-13-12(15-16-18-13)9-17-10(3)6-7-11(17)5-2/h10-11,14H,4-9H2,1-3H3. The molecule has 1 aromatic heterocycles. The van der Waals surface area contributed by atoms with Gasteiger partial charge in [0.2, 0.25) is 0 Å². The quantitative estimate of drug-likeness (QED) is 0.860. The Morgan fingerprint density at radius 3 is 2.94 bits per heavy atom. The average molecular weight is 268 g/mol. The van der Waals surface area contributed by atoms with E-state index in [9.17, 15) is 0 Å². The van der Waals surface area contributed by atoms with Gasteiger partial charge in [-0.25, -0.2) is 0 Å². The molecule has 1 aliphatic rings. The Labute approximate surface area is 114 Å². The first kappa shape index (κ1) is 13.7. The van der Waals surface area contributed by atoms with Crippen LogP contribution in [0.15, 0.2) is 0 Å². The SMILES string of the molecule is CCCNc1snnc1CN1C(C)CCC1CC. The van der Waals surface area contributed by atoms with Crippen LogP contribution in [-0.4, -0.2) is 33.1 Å². The van der Waals surface area contributed by atoms with E-state index in [0.717, 1.165) is 36.2 Å². The first-order valence-corrected chi connectivity index (χ1v) is 7.84. The molecule has 0 aromatic carbocycles. The number of likely N-dealkylation sites (tertiary alicyclic amines) is 1. The molecule has 0 amide bonds. The molecule has 0 radical (unpaired) electrons. The van der Waals surface area contributed by atoms with Crippen LogP contribution in [-0.2, 0) is 6.54 Å². The van der Waals surface area contributed by atoms with Crippen LogP contribution < -0.4 is 5.32 Å². The van der Waals surface area contributed by atoms with Gasteiger partial charge in [-0.15, -0.1) is 5.10 Å². The van der Waals surface area contributed by atoms with E-state index in [2.05, 4.69) is 40.6 Å². The lowest BCUT2D eigenvalue weighted by atomic mass is 10.1. The molecule has 102 valence electrons. The topological polar surface area (TPSA) is 41.1 Å². The first-order valence-electron chi connectivity index (χ1n) is 7.07. The van der Waals surface area contributed by atoms with E-state index in [0.29, 0.717) is 6.04 Å². The molecule has 1 fully saturated rings. The summed E-state index contributed by atoms with van der Waals surface area (Å²) < 4.78 is 4.10. The third-order valence-corrected chi connectivity index (χ3v) is 4.57. The van der Waals surface area contributed by atoms with E-state index in [1.807, 2.05) is 0 Å². The number of hydrogen-bond donors (Lipinski definition) is 1. The predicted octanol–water partition coefficient (Wildman–Crippen LogP) is 3.12.